The summed E-state index contributed by atoms with van der Waals surface area (Å²) >= 11 is 2.13. The fourth-order valence-corrected chi connectivity index (χ4v) is 3.69. The van der Waals surface area contributed by atoms with Gasteiger partial charge in [-0.05, 0) is 89.2 Å². The first-order valence-electron chi connectivity index (χ1n) is 10.2. The molecule has 9 nitrogen and oxygen atoms in total. The van der Waals surface area contributed by atoms with E-state index in [0.29, 0.717) is 35.0 Å². The van der Waals surface area contributed by atoms with Gasteiger partial charge in [-0.15, -0.1) is 0 Å². The smallest absolute Gasteiger partial charge is 0.271 e. The van der Waals surface area contributed by atoms with Crippen LogP contribution in [0.15, 0.2) is 65.8 Å². The van der Waals surface area contributed by atoms with E-state index in [1.165, 1.54) is 18.3 Å². The minimum absolute atomic E-state index is 0.0241. The number of nitrogens with zero attached hydrogens (tertiary/aromatic N) is 2. The van der Waals surface area contributed by atoms with Crippen LogP contribution in [0.2, 0.25) is 0 Å². The number of hydrogen-bond donors (Lipinski definition) is 1. The second-order valence-electron chi connectivity index (χ2n) is 6.90. The maximum atomic E-state index is 12.3. The molecule has 0 aromatic heterocycles. The third-order valence-corrected chi connectivity index (χ3v) is 5.40. The number of nitrogens with one attached hydrogen (secondary N) is 1. The van der Waals surface area contributed by atoms with Gasteiger partial charge in [-0.2, -0.15) is 5.10 Å². The molecule has 3 rings (SSSR count). The first-order valence-corrected chi connectivity index (χ1v) is 11.3. The number of carbonyl (C=O) groups is 1. The Morgan fingerprint density at radius 3 is 2.44 bits per heavy atom. The van der Waals surface area contributed by atoms with Crippen molar-refractivity contribution in [3.05, 3.63) is 91.0 Å². The Hall–Kier alpha value is -3.67. The van der Waals surface area contributed by atoms with Crippen LogP contribution < -0.4 is 19.6 Å². The molecule has 10 heteroatoms. The number of nitro benzene ring substituents is 1. The van der Waals surface area contributed by atoms with Gasteiger partial charge in [-0.25, -0.2) is 5.43 Å². The highest BCUT2D eigenvalue weighted by molar-refractivity contribution is 14.1. The van der Waals surface area contributed by atoms with Crippen LogP contribution in [-0.4, -0.2) is 30.8 Å². The molecule has 0 saturated carbocycles. The fraction of sp³-hybridized carbons (Fsp3) is 0.167. The van der Waals surface area contributed by atoms with Crippen LogP contribution in [0.1, 0.15) is 28.4 Å². The molecule has 0 fully saturated rings. The Morgan fingerprint density at radius 2 is 1.82 bits per heavy atom. The first-order chi connectivity index (χ1) is 16.4. The van der Waals surface area contributed by atoms with Crippen molar-refractivity contribution >= 4 is 40.4 Å². The number of halogens is 1. The zero-order chi connectivity index (χ0) is 24.5. The Bertz CT molecular complexity index is 1180. The van der Waals surface area contributed by atoms with Crippen LogP contribution in [0.4, 0.5) is 5.69 Å². The second kappa shape index (κ2) is 12.0. The van der Waals surface area contributed by atoms with Gasteiger partial charge in [0.25, 0.3) is 11.6 Å². The maximum Gasteiger partial charge on any atom is 0.271 e. The summed E-state index contributed by atoms with van der Waals surface area (Å²) in [7, 11) is 1.56. The van der Waals surface area contributed by atoms with Crippen molar-refractivity contribution in [2.75, 3.05) is 13.7 Å². The van der Waals surface area contributed by atoms with Crippen molar-refractivity contribution in [1.29, 1.82) is 0 Å². The van der Waals surface area contributed by atoms with Crippen LogP contribution in [0.25, 0.3) is 0 Å². The van der Waals surface area contributed by atoms with Gasteiger partial charge in [0.2, 0.25) is 0 Å². The van der Waals surface area contributed by atoms with Crippen LogP contribution in [0.5, 0.6) is 17.2 Å². The zero-order valence-corrected chi connectivity index (χ0v) is 20.6. The summed E-state index contributed by atoms with van der Waals surface area (Å²) in [6.07, 6.45) is 1.52. The lowest BCUT2D eigenvalue weighted by Crippen LogP contribution is -2.17. The summed E-state index contributed by atoms with van der Waals surface area (Å²) in [5.41, 5.74) is 4.48. The number of non-ortho nitro benzene ring substituents is 1. The van der Waals surface area contributed by atoms with E-state index in [1.807, 2.05) is 13.0 Å². The average molecular weight is 575 g/mol. The molecule has 0 spiro atoms. The monoisotopic (exact) mass is 575 g/mol. The molecule has 1 N–H and O–H groups in total. The lowest BCUT2D eigenvalue weighted by Gasteiger charge is -2.14. The molecule has 3 aromatic carbocycles. The number of benzene rings is 3. The summed E-state index contributed by atoms with van der Waals surface area (Å²) in [6, 6.07) is 16.5. The predicted octanol–water partition coefficient (Wildman–Crippen LogP) is 4.95. The quantitative estimate of drug-likeness (QED) is 0.159. The van der Waals surface area contributed by atoms with Crippen molar-refractivity contribution in [3.63, 3.8) is 0 Å². The number of ether oxygens (including phenoxy) is 3. The lowest BCUT2D eigenvalue weighted by atomic mass is 10.2. The van der Waals surface area contributed by atoms with Gasteiger partial charge in [-0.3, -0.25) is 14.9 Å². The van der Waals surface area contributed by atoms with Gasteiger partial charge in [0.05, 0.1) is 28.4 Å². The molecule has 0 unspecified atom stereocenters. The van der Waals surface area contributed by atoms with Crippen LogP contribution >= 0.6 is 22.6 Å². The SMILES string of the molecule is CCOc1cc(/C=N\NC(=O)c2ccc(OC)cc2)cc(I)c1OCc1ccc([N+](=O)[O-])cc1. The summed E-state index contributed by atoms with van der Waals surface area (Å²) in [4.78, 5) is 22.6. The lowest BCUT2D eigenvalue weighted by molar-refractivity contribution is -0.384. The molecule has 1 amide bonds. The predicted molar refractivity (Wildman–Crippen MR) is 136 cm³/mol. The molecular formula is C24H22IN3O6. The molecule has 0 aliphatic heterocycles. The summed E-state index contributed by atoms with van der Waals surface area (Å²) < 4.78 is 17.6. The van der Waals surface area contributed by atoms with Crippen LogP contribution in [0, 0.1) is 13.7 Å². The Kier molecular flexibility index (Phi) is 8.79. The van der Waals surface area contributed by atoms with E-state index < -0.39 is 4.92 Å². The molecule has 0 bridgehead atoms. The van der Waals surface area contributed by atoms with Gasteiger partial charge in [0.1, 0.15) is 12.4 Å². The number of rotatable bonds is 10. The summed E-state index contributed by atoms with van der Waals surface area (Å²) in [5, 5.41) is 14.8. The topological polar surface area (TPSA) is 112 Å². The van der Waals surface area contributed by atoms with Gasteiger partial charge in [0, 0.05) is 17.7 Å². The fourth-order valence-electron chi connectivity index (χ4n) is 2.91. The highest BCUT2D eigenvalue weighted by Crippen LogP contribution is 2.34. The van der Waals surface area contributed by atoms with Crippen molar-refractivity contribution in [2.24, 2.45) is 5.10 Å². The number of methoxy groups -OCH3 is 1. The molecule has 0 aliphatic rings. The first kappa shape index (κ1) is 25.0. The minimum atomic E-state index is -0.444. The van der Waals surface area contributed by atoms with E-state index in [-0.39, 0.29) is 18.2 Å². The van der Waals surface area contributed by atoms with Crippen molar-refractivity contribution in [2.45, 2.75) is 13.5 Å². The van der Waals surface area contributed by atoms with Crippen molar-refractivity contribution in [1.82, 2.24) is 5.43 Å². The molecule has 176 valence electrons. The van der Waals surface area contributed by atoms with E-state index in [0.717, 1.165) is 9.13 Å². The molecule has 34 heavy (non-hydrogen) atoms. The molecule has 0 aliphatic carbocycles. The van der Waals surface area contributed by atoms with Gasteiger partial charge in [-0.1, -0.05) is 0 Å². The minimum Gasteiger partial charge on any atom is -0.497 e. The summed E-state index contributed by atoms with van der Waals surface area (Å²) in [5.74, 6) is 1.40. The van der Waals surface area contributed by atoms with Crippen LogP contribution in [0.3, 0.4) is 0 Å². The van der Waals surface area contributed by atoms with Gasteiger partial charge < -0.3 is 14.2 Å². The average Bonchev–Trinajstić information content (AvgIpc) is 2.84. The highest BCUT2D eigenvalue weighted by atomic mass is 127. The van der Waals surface area contributed by atoms with Crippen molar-refractivity contribution < 1.29 is 23.9 Å². The number of amides is 1. The molecule has 0 heterocycles. The second-order valence-corrected chi connectivity index (χ2v) is 8.07. The normalized spacial score (nSPS) is 10.7. The van der Waals surface area contributed by atoms with Crippen LogP contribution in [-0.2, 0) is 6.61 Å². The Morgan fingerprint density at radius 1 is 1.12 bits per heavy atom. The number of nitro groups is 1. The third-order valence-electron chi connectivity index (χ3n) is 4.59. The van der Waals surface area contributed by atoms with E-state index >= 15 is 0 Å². The standard InChI is InChI=1S/C24H22IN3O6/c1-3-33-22-13-17(14-26-27-24(29)18-6-10-20(32-2)11-7-18)12-21(25)23(22)34-15-16-4-8-19(9-5-16)28(30)31/h4-14H,3,15H2,1-2H3,(H,27,29)/b26-14-. The zero-order valence-electron chi connectivity index (χ0n) is 18.5. The third kappa shape index (κ3) is 6.67. The van der Waals surface area contributed by atoms with Gasteiger partial charge >= 0.3 is 0 Å². The molecule has 0 radical (unpaired) electrons. The molecular weight excluding hydrogens is 553 g/mol. The van der Waals surface area contributed by atoms with Gasteiger partial charge in [0.15, 0.2) is 11.5 Å². The van der Waals surface area contributed by atoms with Crippen molar-refractivity contribution in [3.8, 4) is 17.2 Å². The Balaban J connectivity index is 1.69. The van der Waals surface area contributed by atoms with E-state index in [1.54, 1.807) is 49.6 Å². The summed E-state index contributed by atoms with van der Waals surface area (Å²) in [6.45, 7) is 2.51. The van der Waals surface area contributed by atoms with E-state index in [9.17, 15) is 14.9 Å². The molecule has 0 atom stereocenters. The number of hydrogen-bond acceptors (Lipinski definition) is 7. The molecule has 0 saturated heterocycles. The van der Waals surface area contributed by atoms with E-state index in [2.05, 4.69) is 33.1 Å². The van der Waals surface area contributed by atoms with E-state index in [4.69, 9.17) is 14.2 Å². The Labute approximate surface area is 210 Å². The molecule has 3 aromatic rings. The number of hydrazone groups is 1. The largest absolute Gasteiger partial charge is 0.497 e. The maximum absolute atomic E-state index is 12.3. The number of carbonyl (C=O) groups excluding carboxylic acids is 1. The highest BCUT2D eigenvalue weighted by Gasteiger charge is 2.13.